The summed E-state index contributed by atoms with van der Waals surface area (Å²) >= 11 is 0. The van der Waals surface area contributed by atoms with E-state index in [1.807, 2.05) is 107 Å². The van der Waals surface area contributed by atoms with Crippen LogP contribution in [-0.4, -0.2) is 16.2 Å². The van der Waals surface area contributed by atoms with Gasteiger partial charge in [-0.15, -0.1) is 0 Å². The van der Waals surface area contributed by atoms with Gasteiger partial charge in [-0.05, 0) is 125 Å². The van der Waals surface area contributed by atoms with E-state index in [0.717, 1.165) is 27.5 Å². The molecule has 0 fully saturated rings. The molecule has 0 saturated heterocycles. The third kappa shape index (κ3) is 7.27. The fourth-order valence-corrected chi connectivity index (χ4v) is 9.14. The fraction of sp³-hybridized carbons (Fsp3) is 0.131. The molecule has 0 aliphatic carbocycles. The normalized spacial score (nSPS) is 17.8. The van der Waals surface area contributed by atoms with Crippen molar-refractivity contribution in [3.8, 4) is 50.7 Å². The molecule has 5 nitrogen and oxygen atoms in total. The van der Waals surface area contributed by atoms with Crippen LogP contribution in [0.3, 0.4) is 0 Å². The molecule has 0 radical (unpaired) electrons. The van der Waals surface area contributed by atoms with E-state index in [1.165, 1.54) is 48.7 Å². The van der Waals surface area contributed by atoms with Crippen molar-refractivity contribution in [1.82, 2.24) is 9.55 Å². The van der Waals surface area contributed by atoms with Crippen LogP contribution >= 0.6 is 0 Å². The summed E-state index contributed by atoms with van der Waals surface area (Å²) in [7, 11) is 0. The van der Waals surface area contributed by atoms with Crippen LogP contribution in [0.5, 0.6) is 11.5 Å². The summed E-state index contributed by atoms with van der Waals surface area (Å²) in [6.07, 6.45) is 1.49. The van der Waals surface area contributed by atoms with Crippen LogP contribution in [0.15, 0.2) is 194 Å². The van der Waals surface area contributed by atoms with Crippen LogP contribution in [0.25, 0.3) is 61.0 Å². The number of hydrogen-bond acceptors (Lipinski definition) is 4. The van der Waals surface area contributed by atoms with Gasteiger partial charge >= 0.3 is 0 Å². The number of aromatic nitrogens is 2. The zero-order chi connectivity index (χ0) is 60.1. The third-order valence-corrected chi connectivity index (χ3v) is 12.2. The standard InChI is InChI=1S/C61H52N4O/c1-40-33-34-62-59(35-40)65-55-22-10-9-19-53(55)54-32-30-48(38-58(54)65)66-47-17-13-16-46(37-47)63-39-64(57-24-12-11-23-56(57)63)60-51(43-25-28-45(29-26-43)61(4,5)6)20-14-21-52(60)44-27-31-50(42(3)36-44)49-18-8-7-15-41(49)2/h7-38H,39H2,1-6H3/i1D3,2D3,3D3,4D3,5D3,6D3. The molecular weight excluding hydrogens is 805 g/mol. The minimum Gasteiger partial charge on any atom is -0.457 e. The first-order valence-corrected chi connectivity index (χ1v) is 21.4. The number of hydrogen-bond donors (Lipinski definition) is 0. The van der Waals surface area contributed by atoms with Crippen molar-refractivity contribution in [1.29, 1.82) is 0 Å². The molecule has 66 heavy (non-hydrogen) atoms. The highest BCUT2D eigenvalue weighted by Gasteiger charge is 2.32. The Morgan fingerprint density at radius 2 is 1.21 bits per heavy atom. The Morgan fingerprint density at radius 1 is 0.515 bits per heavy atom. The van der Waals surface area contributed by atoms with Crippen molar-refractivity contribution >= 4 is 44.6 Å². The zero-order valence-corrected chi connectivity index (χ0v) is 35.4. The third-order valence-electron chi connectivity index (χ3n) is 12.2. The number of para-hydroxylation sites is 4. The van der Waals surface area contributed by atoms with Crippen molar-refractivity contribution in [2.24, 2.45) is 0 Å². The van der Waals surface area contributed by atoms with Gasteiger partial charge in [0, 0.05) is 70.6 Å². The Labute approximate surface area is 413 Å². The molecule has 8 aromatic carbocycles. The predicted molar refractivity (Wildman–Crippen MR) is 276 cm³/mol. The summed E-state index contributed by atoms with van der Waals surface area (Å²) < 4.78 is 160. The highest BCUT2D eigenvalue weighted by molar-refractivity contribution is 6.09. The minimum atomic E-state index is -3.50. The van der Waals surface area contributed by atoms with Crippen molar-refractivity contribution < 1.29 is 29.4 Å². The largest absolute Gasteiger partial charge is 0.457 e. The molecule has 1 aliphatic rings. The summed E-state index contributed by atoms with van der Waals surface area (Å²) in [4.78, 5) is 8.70. The van der Waals surface area contributed by atoms with E-state index in [1.54, 1.807) is 48.5 Å². The molecule has 0 N–H and O–H groups in total. The lowest BCUT2D eigenvalue weighted by molar-refractivity contribution is 0.483. The number of pyridine rings is 1. The molecule has 5 heteroatoms. The average Bonchev–Trinajstić information content (AvgIpc) is 0.923. The summed E-state index contributed by atoms with van der Waals surface area (Å²) in [5, 5.41) is 1.83. The van der Waals surface area contributed by atoms with Gasteiger partial charge in [0.15, 0.2) is 0 Å². The molecule has 1 aliphatic heterocycles. The quantitative estimate of drug-likeness (QED) is 0.152. The van der Waals surface area contributed by atoms with Crippen LogP contribution < -0.4 is 14.5 Å². The molecule has 0 atom stereocenters. The number of benzene rings is 8. The number of rotatable bonds is 8. The second kappa shape index (κ2) is 16.3. The molecule has 0 unspecified atom stereocenters. The Morgan fingerprint density at radius 3 is 2.05 bits per heavy atom. The van der Waals surface area contributed by atoms with Gasteiger partial charge < -0.3 is 14.5 Å². The van der Waals surface area contributed by atoms with E-state index in [4.69, 9.17) is 29.4 Å². The maximum Gasteiger partial charge on any atom is 0.137 e. The Balaban J connectivity index is 1.04. The monoisotopic (exact) mass is 875 g/mol. The summed E-state index contributed by atoms with van der Waals surface area (Å²) in [6, 6.07) is 53.6. The molecule has 0 amide bonds. The molecule has 2 aromatic heterocycles. The smallest absolute Gasteiger partial charge is 0.137 e. The SMILES string of the molecule is [2H]C([2H])([2H])c1ccnc(-n2c3ccccc3c3ccc(Oc4cccc(N5CN(c6c(-c7ccc(C(C([2H])([2H])[2H])(C([2H])([2H])[2H])C([2H])([2H])[2H])cc7)cccc6-c6ccc(-c7ccccc7C([2H])([2H])[2H])c(C([2H])([2H])[2H])c6)c6ccccc65)c4)cc32)c1. The molecule has 0 saturated carbocycles. The number of nitrogens with zero attached hydrogens (tertiary/aromatic N) is 4. The number of anilines is 4. The van der Waals surface area contributed by atoms with Crippen molar-refractivity contribution in [3.05, 3.63) is 217 Å². The highest BCUT2D eigenvalue weighted by atomic mass is 16.5. The topological polar surface area (TPSA) is 33.5 Å². The van der Waals surface area contributed by atoms with Gasteiger partial charge in [-0.1, -0.05) is 142 Å². The van der Waals surface area contributed by atoms with E-state index < -0.39 is 52.1 Å². The zero-order valence-electron chi connectivity index (χ0n) is 53.4. The van der Waals surface area contributed by atoms with Crippen LogP contribution in [-0.2, 0) is 5.41 Å². The van der Waals surface area contributed by atoms with E-state index in [-0.39, 0.29) is 34.5 Å². The van der Waals surface area contributed by atoms with Crippen LogP contribution in [0, 0.1) is 20.6 Å². The Kier molecular flexibility index (Phi) is 6.30. The molecule has 0 bridgehead atoms. The summed E-state index contributed by atoms with van der Waals surface area (Å²) in [5.41, 5.74) is 3.01. The van der Waals surface area contributed by atoms with Crippen molar-refractivity contribution in [2.45, 2.75) is 46.5 Å². The predicted octanol–water partition coefficient (Wildman–Crippen LogP) is 16.4. The first kappa shape index (κ1) is 25.6. The van der Waals surface area contributed by atoms with E-state index in [2.05, 4.69) is 9.88 Å². The second-order valence-corrected chi connectivity index (χ2v) is 16.4. The summed E-state index contributed by atoms with van der Waals surface area (Å²) in [6.45, 7) is -18.0. The lowest BCUT2D eigenvalue weighted by Gasteiger charge is -2.28. The van der Waals surface area contributed by atoms with Crippen LogP contribution in [0.1, 0.15) is 67.5 Å². The van der Waals surface area contributed by atoms with Gasteiger partial charge in [0.2, 0.25) is 0 Å². The molecule has 0 spiro atoms. The maximum atomic E-state index is 8.81. The van der Waals surface area contributed by atoms with Crippen molar-refractivity contribution in [3.63, 3.8) is 0 Å². The van der Waals surface area contributed by atoms with Crippen LogP contribution in [0.4, 0.5) is 22.7 Å². The molecular formula is C61H52N4O. The van der Waals surface area contributed by atoms with Gasteiger partial charge in [-0.2, -0.15) is 0 Å². The van der Waals surface area contributed by atoms with Gasteiger partial charge in [-0.25, -0.2) is 4.98 Å². The number of aryl methyl sites for hydroxylation is 3. The molecule has 10 aromatic rings. The van der Waals surface area contributed by atoms with Gasteiger partial charge in [0.05, 0.1) is 28.1 Å². The lowest BCUT2D eigenvalue weighted by atomic mass is 9.85. The highest BCUT2D eigenvalue weighted by Crippen LogP contribution is 2.51. The Hall–Kier alpha value is -7.89. The first-order valence-electron chi connectivity index (χ1n) is 30.4. The van der Waals surface area contributed by atoms with E-state index in [0.29, 0.717) is 56.6 Å². The lowest BCUT2D eigenvalue weighted by Crippen LogP contribution is -2.25. The van der Waals surface area contributed by atoms with Crippen molar-refractivity contribution in [2.75, 3.05) is 16.5 Å². The second-order valence-electron chi connectivity index (χ2n) is 16.4. The minimum absolute atomic E-state index is 0.0181. The molecule has 11 rings (SSSR count). The van der Waals surface area contributed by atoms with Gasteiger partial charge in [-0.3, -0.25) is 4.57 Å². The van der Waals surface area contributed by atoms with Crippen LogP contribution in [0.2, 0.25) is 0 Å². The van der Waals surface area contributed by atoms with Gasteiger partial charge in [0.1, 0.15) is 24.0 Å². The Bertz CT molecular complexity index is 4120. The summed E-state index contributed by atoms with van der Waals surface area (Å²) in [5.74, 6) is 1.40. The first-order chi connectivity index (χ1) is 39.5. The number of fused-ring (bicyclic) bond motifs is 4. The fourth-order valence-electron chi connectivity index (χ4n) is 9.14. The molecule has 3 heterocycles. The van der Waals surface area contributed by atoms with Gasteiger partial charge in [0.25, 0.3) is 0 Å². The molecule has 322 valence electrons. The maximum absolute atomic E-state index is 8.81. The van der Waals surface area contributed by atoms with E-state index >= 15 is 0 Å². The average molecular weight is 875 g/mol. The van der Waals surface area contributed by atoms with E-state index in [9.17, 15) is 0 Å². The number of ether oxygens (including phenoxy) is 1.